The Morgan fingerprint density at radius 1 is 1.12 bits per heavy atom. The molecule has 0 aliphatic heterocycles. The number of carbonyl (C=O) groups excluding carboxylic acids is 2. The normalized spacial score (nSPS) is 11.2. The van der Waals surface area contributed by atoms with Crippen molar-refractivity contribution in [3.63, 3.8) is 0 Å². The first-order valence-electron chi connectivity index (χ1n) is 7.49. The van der Waals surface area contributed by atoms with E-state index in [4.69, 9.17) is 4.74 Å². The van der Waals surface area contributed by atoms with Crippen molar-refractivity contribution in [2.45, 2.75) is 4.90 Å². The van der Waals surface area contributed by atoms with E-state index >= 15 is 0 Å². The van der Waals surface area contributed by atoms with Crippen molar-refractivity contribution < 1.29 is 27.9 Å². The van der Waals surface area contributed by atoms with Gasteiger partial charge >= 0.3 is 5.97 Å². The van der Waals surface area contributed by atoms with Crippen molar-refractivity contribution in [3.05, 3.63) is 54.1 Å². The van der Waals surface area contributed by atoms with E-state index in [0.29, 0.717) is 0 Å². The molecule has 0 atom stereocenters. The minimum absolute atomic E-state index is 0.00634. The zero-order chi connectivity index (χ0) is 19.3. The standard InChI is InChI=1S/C17H18N2O6S/c1-19(2)26(23,24)15-5-3-4-13(10-15)18-16(21)11-25-17(22)12-6-8-14(20)9-7-12/h3-10,20H,11H2,1-2H3,(H,18,21). The van der Waals surface area contributed by atoms with Crippen LogP contribution >= 0.6 is 0 Å². The average Bonchev–Trinajstić information content (AvgIpc) is 2.60. The predicted octanol–water partition coefficient (Wildman–Crippen LogP) is 1.44. The highest BCUT2D eigenvalue weighted by atomic mass is 32.2. The number of rotatable bonds is 6. The van der Waals surface area contributed by atoms with Crippen LogP contribution in [0.15, 0.2) is 53.4 Å². The van der Waals surface area contributed by atoms with Crippen LogP contribution in [0.4, 0.5) is 5.69 Å². The fourth-order valence-electron chi connectivity index (χ4n) is 1.95. The number of ether oxygens (including phenoxy) is 1. The Morgan fingerprint density at radius 3 is 2.38 bits per heavy atom. The molecule has 1 amide bonds. The third-order valence-corrected chi connectivity index (χ3v) is 5.14. The van der Waals surface area contributed by atoms with Crippen molar-refractivity contribution in [1.82, 2.24) is 4.31 Å². The molecule has 0 saturated carbocycles. The van der Waals surface area contributed by atoms with Crippen molar-refractivity contribution >= 4 is 27.6 Å². The Balaban J connectivity index is 1.98. The van der Waals surface area contributed by atoms with Crippen LogP contribution in [-0.2, 0) is 19.6 Å². The Bertz CT molecular complexity index is 907. The summed E-state index contributed by atoms with van der Waals surface area (Å²) in [5, 5.41) is 11.6. The van der Waals surface area contributed by atoms with Gasteiger partial charge in [-0.15, -0.1) is 0 Å². The van der Waals surface area contributed by atoms with Gasteiger partial charge in [-0.3, -0.25) is 4.79 Å². The van der Waals surface area contributed by atoms with Gasteiger partial charge < -0.3 is 15.2 Å². The second-order valence-electron chi connectivity index (χ2n) is 5.49. The summed E-state index contributed by atoms with van der Waals surface area (Å²) in [6.45, 7) is -0.537. The number of carbonyl (C=O) groups is 2. The van der Waals surface area contributed by atoms with Crippen molar-refractivity contribution in [3.8, 4) is 5.75 Å². The number of benzene rings is 2. The first-order valence-corrected chi connectivity index (χ1v) is 8.93. The van der Waals surface area contributed by atoms with E-state index in [2.05, 4.69) is 5.32 Å². The second kappa shape index (κ2) is 7.98. The number of phenols is 1. The first-order chi connectivity index (χ1) is 12.2. The fourth-order valence-corrected chi connectivity index (χ4v) is 2.90. The number of nitrogens with zero attached hydrogens (tertiary/aromatic N) is 1. The molecule has 2 N–H and O–H groups in total. The number of anilines is 1. The van der Waals surface area contributed by atoms with E-state index in [-0.39, 0.29) is 21.9 Å². The highest BCUT2D eigenvalue weighted by molar-refractivity contribution is 7.89. The van der Waals surface area contributed by atoms with E-state index in [1.54, 1.807) is 0 Å². The lowest BCUT2D eigenvalue weighted by atomic mass is 10.2. The molecule has 0 spiro atoms. The number of amides is 1. The van der Waals surface area contributed by atoms with Gasteiger partial charge in [0.05, 0.1) is 10.5 Å². The zero-order valence-electron chi connectivity index (χ0n) is 14.2. The smallest absolute Gasteiger partial charge is 0.338 e. The monoisotopic (exact) mass is 378 g/mol. The molecule has 9 heteroatoms. The molecule has 0 aromatic heterocycles. The molecule has 0 aliphatic rings. The van der Waals surface area contributed by atoms with E-state index in [1.807, 2.05) is 0 Å². The maximum Gasteiger partial charge on any atom is 0.338 e. The number of hydrogen-bond acceptors (Lipinski definition) is 6. The number of nitrogens with one attached hydrogen (secondary N) is 1. The first kappa shape index (κ1) is 19.4. The van der Waals surface area contributed by atoms with Gasteiger partial charge in [0.1, 0.15) is 5.75 Å². The molecule has 0 heterocycles. The number of aromatic hydroxyl groups is 1. The lowest BCUT2D eigenvalue weighted by Gasteiger charge is -2.12. The van der Waals surface area contributed by atoms with Crippen LogP contribution in [0.2, 0.25) is 0 Å². The summed E-state index contributed by atoms with van der Waals surface area (Å²) in [6, 6.07) is 11.1. The van der Waals surface area contributed by atoms with E-state index in [0.717, 1.165) is 4.31 Å². The summed E-state index contributed by atoms with van der Waals surface area (Å²) < 4.78 is 30.1. The summed E-state index contributed by atoms with van der Waals surface area (Å²) in [7, 11) is -0.812. The molecule has 2 aromatic rings. The van der Waals surface area contributed by atoms with Gasteiger partial charge in [0.15, 0.2) is 6.61 Å². The van der Waals surface area contributed by atoms with E-state index < -0.39 is 28.5 Å². The van der Waals surface area contributed by atoms with Gasteiger partial charge in [0, 0.05) is 19.8 Å². The van der Waals surface area contributed by atoms with E-state index in [1.165, 1.54) is 62.6 Å². The molecule has 0 bridgehead atoms. The molecule has 0 radical (unpaired) electrons. The Morgan fingerprint density at radius 2 is 1.77 bits per heavy atom. The fraction of sp³-hybridized carbons (Fsp3) is 0.176. The van der Waals surface area contributed by atoms with Crippen LogP contribution in [0.25, 0.3) is 0 Å². The summed E-state index contributed by atoms with van der Waals surface area (Å²) in [4.78, 5) is 23.7. The molecule has 138 valence electrons. The summed E-state index contributed by atoms with van der Waals surface area (Å²) >= 11 is 0. The second-order valence-corrected chi connectivity index (χ2v) is 7.64. The number of phenolic OH excluding ortho intramolecular Hbond substituents is 1. The predicted molar refractivity (Wildman–Crippen MR) is 94.3 cm³/mol. The number of sulfonamides is 1. The number of hydrogen-bond donors (Lipinski definition) is 2. The maximum absolute atomic E-state index is 12.1. The van der Waals surface area contributed by atoms with Crippen LogP contribution in [-0.4, -0.2) is 50.4 Å². The van der Waals surface area contributed by atoms with Crippen LogP contribution in [0.1, 0.15) is 10.4 Å². The Hall–Kier alpha value is -2.91. The topological polar surface area (TPSA) is 113 Å². The summed E-state index contributed by atoms with van der Waals surface area (Å²) in [6.07, 6.45) is 0. The third kappa shape index (κ3) is 4.80. The van der Waals surface area contributed by atoms with Gasteiger partial charge in [-0.05, 0) is 42.5 Å². The molecule has 2 rings (SSSR count). The molecule has 8 nitrogen and oxygen atoms in total. The largest absolute Gasteiger partial charge is 0.508 e. The Labute approximate surface area is 151 Å². The molecule has 0 saturated heterocycles. The lowest BCUT2D eigenvalue weighted by Crippen LogP contribution is -2.23. The maximum atomic E-state index is 12.1. The van der Waals surface area contributed by atoms with Crippen molar-refractivity contribution in [1.29, 1.82) is 0 Å². The molecule has 26 heavy (non-hydrogen) atoms. The average molecular weight is 378 g/mol. The van der Waals surface area contributed by atoms with Crippen molar-refractivity contribution in [2.24, 2.45) is 0 Å². The Kier molecular flexibility index (Phi) is 5.96. The molecule has 0 unspecified atom stereocenters. The molecule has 2 aromatic carbocycles. The van der Waals surface area contributed by atoms with Crippen LogP contribution in [0.5, 0.6) is 5.75 Å². The van der Waals surface area contributed by atoms with Gasteiger partial charge in [0.2, 0.25) is 10.0 Å². The molecular weight excluding hydrogens is 360 g/mol. The van der Waals surface area contributed by atoms with Gasteiger partial charge in [0.25, 0.3) is 5.91 Å². The quantitative estimate of drug-likeness (QED) is 0.736. The van der Waals surface area contributed by atoms with Crippen LogP contribution < -0.4 is 5.32 Å². The minimum Gasteiger partial charge on any atom is -0.508 e. The molecule has 0 aliphatic carbocycles. The highest BCUT2D eigenvalue weighted by Gasteiger charge is 2.18. The zero-order valence-corrected chi connectivity index (χ0v) is 15.0. The third-order valence-electron chi connectivity index (χ3n) is 3.33. The van der Waals surface area contributed by atoms with Gasteiger partial charge in [-0.1, -0.05) is 6.07 Å². The SMILES string of the molecule is CN(C)S(=O)(=O)c1cccc(NC(=O)COC(=O)c2ccc(O)cc2)c1. The highest BCUT2D eigenvalue weighted by Crippen LogP contribution is 2.18. The van der Waals surface area contributed by atoms with Gasteiger partial charge in [-0.25, -0.2) is 17.5 Å². The van der Waals surface area contributed by atoms with Gasteiger partial charge in [-0.2, -0.15) is 0 Å². The van der Waals surface area contributed by atoms with Crippen LogP contribution in [0.3, 0.4) is 0 Å². The minimum atomic E-state index is -3.62. The molecular formula is C17H18N2O6S. The van der Waals surface area contributed by atoms with Crippen molar-refractivity contribution in [2.75, 3.05) is 26.0 Å². The summed E-state index contributed by atoms with van der Waals surface area (Å²) in [5.74, 6) is -1.33. The van der Waals surface area contributed by atoms with E-state index in [9.17, 15) is 23.1 Å². The molecule has 0 fully saturated rings. The summed E-state index contributed by atoms with van der Waals surface area (Å²) in [5.41, 5.74) is 0.452. The lowest BCUT2D eigenvalue weighted by molar-refractivity contribution is -0.119. The van der Waals surface area contributed by atoms with Crippen LogP contribution in [0, 0.1) is 0 Å². The number of esters is 1.